The van der Waals surface area contributed by atoms with Gasteiger partial charge in [0.05, 0.1) is 0 Å². The molecule has 0 fully saturated rings. The highest BCUT2D eigenvalue weighted by Crippen LogP contribution is 2.05. The quantitative estimate of drug-likeness (QED) is 0.586. The number of ketones is 4. The summed E-state index contributed by atoms with van der Waals surface area (Å²) in [7, 11) is 0. The Kier molecular flexibility index (Phi) is 8.11. The summed E-state index contributed by atoms with van der Waals surface area (Å²) < 4.78 is 0. The maximum atomic E-state index is 11.3. The third-order valence-corrected chi connectivity index (χ3v) is 2.42. The van der Waals surface area contributed by atoms with E-state index in [1.54, 1.807) is 0 Å². The summed E-state index contributed by atoms with van der Waals surface area (Å²) in [4.78, 5) is 43.8. The van der Waals surface area contributed by atoms with Crippen LogP contribution in [0.5, 0.6) is 0 Å². The van der Waals surface area contributed by atoms with Gasteiger partial charge in [-0.05, 0) is 20.3 Å². The van der Waals surface area contributed by atoms with Crippen LogP contribution in [0.15, 0.2) is 0 Å². The highest BCUT2D eigenvalue weighted by Gasteiger charge is 2.07. The lowest BCUT2D eigenvalue weighted by atomic mass is 10.0. The minimum absolute atomic E-state index is 0.0101. The van der Waals surface area contributed by atoms with Crippen molar-refractivity contribution < 1.29 is 19.2 Å². The van der Waals surface area contributed by atoms with Gasteiger partial charge in [-0.3, -0.25) is 9.59 Å². The van der Waals surface area contributed by atoms with E-state index < -0.39 is 0 Å². The molecule has 0 atom stereocenters. The van der Waals surface area contributed by atoms with Gasteiger partial charge in [0.25, 0.3) is 0 Å². The smallest absolute Gasteiger partial charge is 0.133 e. The summed E-state index contributed by atoms with van der Waals surface area (Å²) in [6.45, 7) is 2.91. The second kappa shape index (κ2) is 8.79. The van der Waals surface area contributed by atoms with Crippen molar-refractivity contribution in [2.75, 3.05) is 0 Å². The highest BCUT2D eigenvalue weighted by molar-refractivity contribution is 5.86. The van der Waals surface area contributed by atoms with Crippen molar-refractivity contribution in [1.29, 1.82) is 0 Å². The first-order valence-corrected chi connectivity index (χ1v) is 5.94. The van der Waals surface area contributed by atoms with Crippen molar-refractivity contribution in [1.82, 2.24) is 0 Å². The number of carbonyl (C=O) groups is 4. The summed E-state index contributed by atoms with van der Waals surface area (Å²) in [6.07, 6.45) is 2.34. The number of hydrogen-bond acceptors (Lipinski definition) is 4. The van der Waals surface area contributed by atoms with Gasteiger partial charge < -0.3 is 9.59 Å². The van der Waals surface area contributed by atoms with Crippen LogP contribution in [-0.4, -0.2) is 23.1 Å². The van der Waals surface area contributed by atoms with Crippen molar-refractivity contribution in [3.05, 3.63) is 0 Å². The zero-order chi connectivity index (χ0) is 13.3. The molecule has 4 heteroatoms. The summed E-state index contributed by atoms with van der Waals surface area (Å²) in [5.41, 5.74) is 0. The zero-order valence-corrected chi connectivity index (χ0v) is 10.6. The van der Waals surface area contributed by atoms with Gasteiger partial charge in [-0.2, -0.15) is 0 Å². The van der Waals surface area contributed by atoms with Gasteiger partial charge in [0.1, 0.15) is 23.1 Å². The Hall–Kier alpha value is -1.32. The lowest BCUT2D eigenvalue weighted by Crippen LogP contribution is -2.05. The molecule has 0 amide bonds. The van der Waals surface area contributed by atoms with Crippen LogP contribution in [0.2, 0.25) is 0 Å². The van der Waals surface area contributed by atoms with E-state index in [9.17, 15) is 19.2 Å². The van der Waals surface area contributed by atoms with Crippen LogP contribution in [0, 0.1) is 0 Å². The van der Waals surface area contributed by atoms with Crippen molar-refractivity contribution in [2.24, 2.45) is 0 Å². The van der Waals surface area contributed by atoms with E-state index in [0.717, 1.165) is 0 Å². The molecule has 0 spiro atoms. The molecular weight excluding hydrogens is 220 g/mol. The van der Waals surface area contributed by atoms with Crippen molar-refractivity contribution >= 4 is 23.1 Å². The maximum absolute atomic E-state index is 11.3. The fourth-order valence-electron chi connectivity index (χ4n) is 1.36. The van der Waals surface area contributed by atoms with Gasteiger partial charge in [-0.1, -0.05) is 0 Å². The fourth-order valence-corrected chi connectivity index (χ4v) is 1.36. The average molecular weight is 240 g/mol. The zero-order valence-electron chi connectivity index (χ0n) is 10.6. The van der Waals surface area contributed by atoms with E-state index in [0.29, 0.717) is 19.3 Å². The van der Waals surface area contributed by atoms with Crippen LogP contribution in [0.3, 0.4) is 0 Å². The number of carbonyl (C=O) groups excluding carboxylic acids is 4. The predicted octanol–water partition coefficient (Wildman–Crippen LogP) is 2.03. The summed E-state index contributed by atoms with van der Waals surface area (Å²) in [5, 5.41) is 0. The largest absolute Gasteiger partial charge is 0.300 e. The molecular formula is C13H20O4. The molecule has 0 aliphatic carbocycles. The Morgan fingerprint density at radius 1 is 0.588 bits per heavy atom. The van der Waals surface area contributed by atoms with Gasteiger partial charge >= 0.3 is 0 Å². The Morgan fingerprint density at radius 3 is 1.24 bits per heavy atom. The first kappa shape index (κ1) is 15.7. The molecule has 4 nitrogen and oxygen atoms in total. The van der Waals surface area contributed by atoms with E-state index in [1.807, 2.05) is 0 Å². The van der Waals surface area contributed by atoms with Gasteiger partial charge in [-0.25, -0.2) is 0 Å². The molecule has 0 aromatic rings. The van der Waals surface area contributed by atoms with Crippen LogP contribution in [0.25, 0.3) is 0 Å². The normalized spacial score (nSPS) is 10.0. The van der Waals surface area contributed by atoms with E-state index in [2.05, 4.69) is 0 Å². The van der Waals surface area contributed by atoms with Crippen LogP contribution in [-0.2, 0) is 19.2 Å². The fraction of sp³-hybridized carbons (Fsp3) is 0.692. The monoisotopic (exact) mass is 240 g/mol. The van der Waals surface area contributed by atoms with Gasteiger partial charge in [0, 0.05) is 38.5 Å². The number of Topliss-reactive ketones (excluding diaryl/α,β-unsaturated/α-hetero) is 4. The van der Waals surface area contributed by atoms with Gasteiger partial charge in [-0.15, -0.1) is 0 Å². The predicted molar refractivity (Wildman–Crippen MR) is 63.7 cm³/mol. The lowest BCUT2D eigenvalue weighted by Gasteiger charge is -2.00. The molecule has 0 saturated heterocycles. The molecule has 0 aromatic carbocycles. The van der Waals surface area contributed by atoms with Crippen molar-refractivity contribution in [2.45, 2.75) is 58.8 Å². The van der Waals surface area contributed by atoms with E-state index in [-0.39, 0.29) is 48.8 Å². The van der Waals surface area contributed by atoms with Gasteiger partial charge in [0.15, 0.2) is 0 Å². The molecule has 0 bridgehead atoms. The second-order valence-electron chi connectivity index (χ2n) is 4.33. The Morgan fingerprint density at radius 2 is 0.941 bits per heavy atom. The second-order valence-corrected chi connectivity index (χ2v) is 4.33. The Bertz CT molecular complexity index is 275. The average Bonchev–Trinajstić information content (AvgIpc) is 2.23. The van der Waals surface area contributed by atoms with Crippen LogP contribution >= 0.6 is 0 Å². The van der Waals surface area contributed by atoms with Crippen molar-refractivity contribution in [3.63, 3.8) is 0 Å². The summed E-state index contributed by atoms with van der Waals surface area (Å²) >= 11 is 0. The highest BCUT2D eigenvalue weighted by atomic mass is 16.1. The number of rotatable bonds is 10. The molecule has 0 rings (SSSR count). The maximum Gasteiger partial charge on any atom is 0.133 e. The molecule has 0 aliphatic heterocycles. The minimum atomic E-state index is 0.0101. The molecule has 0 saturated carbocycles. The first-order chi connectivity index (χ1) is 7.91. The third-order valence-electron chi connectivity index (χ3n) is 2.42. The third kappa shape index (κ3) is 11.0. The van der Waals surface area contributed by atoms with Crippen molar-refractivity contribution in [3.8, 4) is 0 Å². The molecule has 0 aliphatic rings. The van der Waals surface area contributed by atoms with E-state index in [1.165, 1.54) is 13.8 Å². The summed E-state index contributed by atoms with van der Waals surface area (Å²) in [5.74, 6) is 0.0749. The lowest BCUT2D eigenvalue weighted by molar-refractivity contribution is -0.124. The Labute approximate surface area is 102 Å². The Balaban J connectivity index is 3.55. The van der Waals surface area contributed by atoms with E-state index in [4.69, 9.17) is 0 Å². The molecule has 0 aromatic heterocycles. The number of hydrogen-bond donors (Lipinski definition) is 0. The molecule has 96 valence electrons. The van der Waals surface area contributed by atoms with Crippen LogP contribution in [0.1, 0.15) is 58.8 Å². The first-order valence-electron chi connectivity index (χ1n) is 5.94. The van der Waals surface area contributed by atoms with E-state index >= 15 is 0 Å². The standard InChI is InChI=1S/C13H20O4/c1-10(14)6-8-12(16)4-3-5-13(17)9-7-11(2)15/h3-9H2,1-2H3. The SMILES string of the molecule is CC(=O)CCC(=O)CCCC(=O)CCC(C)=O. The molecule has 0 radical (unpaired) electrons. The minimum Gasteiger partial charge on any atom is -0.300 e. The molecule has 0 unspecified atom stereocenters. The van der Waals surface area contributed by atoms with Crippen LogP contribution < -0.4 is 0 Å². The van der Waals surface area contributed by atoms with Crippen LogP contribution in [0.4, 0.5) is 0 Å². The molecule has 17 heavy (non-hydrogen) atoms. The van der Waals surface area contributed by atoms with Gasteiger partial charge in [0.2, 0.25) is 0 Å². The molecule has 0 heterocycles. The molecule has 0 N–H and O–H groups in total. The summed E-state index contributed by atoms with van der Waals surface area (Å²) in [6, 6.07) is 0. The topological polar surface area (TPSA) is 68.3 Å².